The molecule has 0 saturated carbocycles. The maximum Gasteiger partial charge on any atom is 0.271 e. The van der Waals surface area contributed by atoms with Gasteiger partial charge in [0.2, 0.25) is 0 Å². The number of fused-ring (bicyclic) bond motifs is 1. The van der Waals surface area contributed by atoms with E-state index in [0.717, 1.165) is 24.3 Å². The van der Waals surface area contributed by atoms with Gasteiger partial charge >= 0.3 is 0 Å². The van der Waals surface area contributed by atoms with Crippen molar-refractivity contribution in [3.05, 3.63) is 127 Å². The number of amides is 1. The van der Waals surface area contributed by atoms with Gasteiger partial charge in [-0.15, -0.1) is 0 Å². The molecule has 1 aromatic heterocycles. The van der Waals surface area contributed by atoms with Crippen LogP contribution in [0.15, 0.2) is 99.9 Å². The molecule has 4 aromatic rings. The molecule has 1 N–H and O–H groups in total. The highest BCUT2D eigenvalue weighted by Crippen LogP contribution is 2.31. The van der Waals surface area contributed by atoms with Crippen LogP contribution in [0.2, 0.25) is 0 Å². The Morgan fingerprint density at radius 2 is 1.73 bits per heavy atom. The van der Waals surface area contributed by atoms with Crippen molar-refractivity contribution in [1.82, 2.24) is 4.57 Å². The fraction of sp³-hybridized carbons (Fsp3) is 0.194. The highest BCUT2D eigenvalue weighted by Gasteiger charge is 2.32. The van der Waals surface area contributed by atoms with Gasteiger partial charge in [0, 0.05) is 24.5 Å². The number of halogens is 1. The molecule has 1 unspecified atom stereocenters. The molecule has 0 spiro atoms. The summed E-state index contributed by atoms with van der Waals surface area (Å²) >= 11 is 1.27. The van der Waals surface area contributed by atoms with Gasteiger partial charge in [0.05, 0.1) is 35.1 Å². The second-order valence-electron chi connectivity index (χ2n) is 9.64. The first-order valence-electron chi connectivity index (χ1n) is 13.0. The van der Waals surface area contributed by atoms with E-state index in [0.29, 0.717) is 45.1 Å². The molecule has 1 fully saturated rings. The highest BCUT2D eigenvalue weighted by atomic mass is 32.1. The largest absolute Gasteiger partial charge is 0.378 e. The Morgan fingerprint density at radius 3 is 2.42 bits per heavy atom. The summed E-state index contributed by atoms with van der Waals surface area (Å²) in [6, 6.07) is 22.3. The van der Waals surface area contributed by atoms with Crippen molar-refractivity contribution >= 4 is 34.7 Å². The predicted molar refractivity (Wildman–Crippen MR) is 155 cm³/mol. The fourth-order valence-electron chi connectivity index (χ4n) is 5.05. The fourth-order valence-corrected chi connectivity index (χ4v) is 6.09. The van der Waals surface area contributed by atoms with E-state index in [2.05, 4.69) is 15.2 Å². The molecule has 7 nitrogen and oxygen atoms in total. The molecule has 9 heteroatoms. The van der Waals surface area contributed by atoms with Gasteiger partial charge in [0.25, 0.3) is 11.5 Å². The van der Waals surface area contributed by atoms with Crippen molar-refractivity contribution in [3.63, 3.8) is 0 Å². The summed E-state index contributed by atoms with van der Waals surface area (Å²) in [5.74, 6) is -0.762. The number of carbonyl (C=O) groups excluding carboxylic acids is 1. The zero-order valence-corrected chi connectivity index (χ0v) is 22.7. The lowest BCUT2D eigenvalue weighted by Crippen LogP contribution is -2.40. The molecule has 0 aliphatic carbocycles. The number of hydrogen-bond acceptors (Lipinski definition) is 6. The Kier molecular flexibility index (Phi) is 7.15. The van der Waals surface area contributed by atoms with E-state index in [9.17, 15) is 14.0 Å². The predicted octanol–water partition coefficient (Wildman–Crippen LogP) is 3.85. The van der Waals surface area contributed by atoms with Crippen molar-refractivity contribution in [2.45, 2.75) is 13.0 Å². The topological polar surface area (TPSA) is 75.9 Å². The number of nitrogens with zero attached hydrogens (tertiary/aromatic N) is 3. The van der Waals surface area contributed by atoms with Gasteiger partial charge in [0.1, 0.15) is 5.82 Å². The Hall–Kier alpha value is -4.34. The van der Waals surface area contributed by atoms with Gasteiger partial charge in [-0.1, -0.05) is 53.8 Å². The Labute approximate surface area is 234 Å². The number of hydrogen-bond donors (Lipinski definition) is 1. The van der Waals surface area contributed by atoms with E-state index in [1.165, 1.54) is 23.5 Å². The van der Waals surface area contributed by atoms with Crippen LogP contribution in [0.1, 0.15) is 24.1 Å². The van der Waals surface area contributed by atoms with E-state index in [-0.39, 0.29) is 11.5 Å². The van der Waals surface area contributed by atoms with Crippen molar-refractivity contribution in [2.24, 2.45) is 4.99 Å². The summed E-state index contributed by atoms with van der Waals surface area (Å²) in [5, 5.41) is 2.92. The minimum absolute atomic E-state index is 0.257. The van der Waals surface area contributed by atoms with Crippen LogP contribution in [0.4, 0.5) is 15.8 Å². The minimum Gasteiger partial charge on any atom is -0.378 e. The Balaban J connectivity index is 1.41. The number of morpholine rings is 1. The zero-order chi connectivity index (χ0) is 27.6. The van der Waals surface area contributed by atoms with Crippen molar-refractivity contribution < 1.29 is 13.9 Å². The number of rotatable bonds is 5. The Morgan fingerprint density at radius 1 is 1.02 bits per heavy atom. The molecule has 1 atom stereocenters. The van der Waals surface area contributed by atoms with E-state index in [1.807, 2.05) is 48.5 Å². The van der Waals surface area contributed by atoms with Gasteiger partial charge in [-0.3, -0.25) is 14.2 Å². The van der Waals surface area contributed by atoms with Crippen LogP contribution in [-0.4, -0.2) is 36.8 Å². The number of anilines is 2. The number of carbonyl (C=O) groups is 1. The third-order valence-electron chi connectivity index (χ3n) is 7.05. The van der Waals surface area contributed by atoms with Crippen LogP contribution in [0.5, 0.6) is 0 Å². The quantitative estimate of drug-likeness (QED) is 0.407. The van der Waals surface area contributed by atoms with E-state index < -0.39 is 11.9 Å². The average molecular weight is 555 g/mol. The summed E-state index contributed by atoms with van der Waals surface area (Å²) in [5.41, 5.74) is 3.84. The molecule has 1 saturated heterocycles. The molecule has 6 rings (SSSR count). The monoisotopic (exact) mass is 554 g/mol. The van der Waals surface area contributed by atoms with Crippen LogP contribution in [0.3, 0.4) is 0 Å². The standard InChI is InChI=1S/C31H27FN4O3S/c1-20-27(29(37)34-24-5-3-2-4-6-24)28(22-9-11-23(32)12-10-22)36-30(38)26(40-31(36)33-20)19-21-7-13-25(14-8-21)35-15-17-39-18-16-35/h2-14,19,28H,15-18H2,1H3,(H,34,37). The lowest BCUT2D eigenvalue weighted by atomic mass is 9.95. The lowest BCUT2D eigenvalue weighted by Gasteiger charge is -2.28. The number of thiazole rings is 1. The summed E-state index contributed by atoms with van der Waals surface area (Å²) in [7, 11) is 0. The molecule has 2 aliphatic heterocycles. The number of nitrogens with one attached hydrogen (secondary N) is 1. The molecule has 40 heavy (non-hydrogen) atoms. The first-order valence-corrected chi connectivity index (χ1v) is 13.9. The van der Waals surface area contributed by atoms with Gasteiger partial charge in [-0.05, 0) is 60.5 Å². The zero-order valence-electron chi connectivity index (χ0n) is 21.8. The molecule has 2 aliphatic rings. The normalized spacial score (nSPS) is 17.4. The summed E-state index contributed by atoms with van der Waals surface area (Å²) in [4.78, 5) is 34.9. The summed E-state index contributed by atoms with van der Waals surface area (Å²) in [6.45, 7) is 4.88. The lowest BCUT2D eigenvalue weighted by molar-refractivity contribution is -0.113. The number of para-hydroxylation sites is 1. The molecule has 0 bridgehead atoms. The second-order valence-corrected chi connectivity index (χ2v) is 10.7. The van der Waals surface area contributed by atoms with Crippen LogP contribution in [0.25, 0.3) is 6.08 Å². The first kappa shape index (κ1) is 25.9. The van der Waals surface area contributed by atoms with Gasteiger partial charge in [-0.25, -0.2) is 9.38 Å². The van der Waals surface area contributed by atoms with Crippen LogP contribution in [0, 0.1) is 5.82 Å². The average Bonchev–Trinajstić information content (AvgIpc) is 3.28. The number of aromatic nitrogens is 1. The van der Waals surface area contributed by atoms with Gasteiger partial charge < -0.3 is 15.0 Å². The van der Waals surface area contributed by atoms with Gasteiger partial charge in [0.15, 0.2) is 4.80 Å². The van der Waals surface area contributed by atoms with Crippen LogP contribution < -0.4 is 25.1 Å². The maximum atomic E-state index is 13.9. The molecular weight excluding hydrogens is 527 g/mol. The third kappa shape index (κ3) is 5.13. The second kappa shape index (κ2) is 11.0. The molecule has 1 amide bonds. The summed E-state index contributed by atoms with van der Waals surface area (Å²) in [6.07, 6.45) is 1.84. The Bertz CT molecular complexity index is 1750. The SMILES string of the molecule is CC1=C(C(=O)Nc2ccccc2)C(c2ccc(F)cc2)n2c(sc(=Cc3ccc(N4CCOCC4)cc3)c2=O)=N1. The number of ether oxygens (including phenoxy) is 1. The number of benzene rings is 3. The molecule has 3 heterocycles. The molecule has 0 radical (unpaired) electrons. The maximum absolute atomic E-state index is 13.9. The van der Waals surface area contributed by atoms with Crippen molar-refractivity contribution in [1.29, 1.82) is 0 Å². The van der Waals surface area contributed by atoms with Gasteiger partial charge in [-0.2, -0.15) is 0 Å². The van der Waals surface area contributed by atoms with Crippen molar-refractivity contribution in [2.75, 3.05) is 36.5 Å². The first-order chi connectivity index (χ1) is 19.5. The number of allylic oxidation sites excluding steroid dienone is 1. The molecule has 202 valence electrons. The van der Waals surface area contributed by atoms with E-state index in [4.69, 9.17) is 4.74 Å². The van der Waals surface area contributed by atoms with Crippen LogP contribution in [-0.2, 0) is 9.53 Å². The smallest absolute Gasteiger partial charge is 0.271 e. The van der Waals surface area contributed by atoms with Crippen molar-refractivity contribution in [3.8, 4) is 0 Å². The molecular formula is C31H27FN4O3S. The minimum atomic E-state index is -0.758. The molecule has 3 aromatic carbocycles. The third-order valence-corrected chi connectivity index (χ3v) is 8.03. The van der Waals surface area contributed by atoms with E-state index >= 15 is 0 Å². The highest BCUT2D eigenvalue weighted by molar-refractivity contribution is 7.07. The van der Waals surface area contributed by atoms with E-state index in [1.54, 1.807) is 35.8 Å². The summed E-state index contributed by atoms with van der Waals surface area (Å²) < 4.78 is 21.3. The van der Waals surface area contributed by atoms with Crippen LogP contribution >= 0.6 is 11.3 Å².